The summed E-state index contributed by atoms with van der Waals surface area (Å²) in [7, 11) is -0.190. The van der Waals surface area contributed by atoms with E-state index >= 15 is 0 Å². The molecule has 0 amide bonds. The van der Waals surface area contributed by atoms with Crippen LogP contribution in [0.25, 0.3) is 0 Å². The molecule has 42 heavy (non-hydrogen) atoms. The third-order valence-corrected chi connectivity index (χ3v) is 12.0. The molecule has 0 N–H and O–H groups in total. The number of rotatable bonds is 7. The van der Waals surface area contributed by atoms with E-state index in [-0.39, 0.29) is 34.4 Å². The summed E-state index contributed by atoms with van der Waals surface area (Å²) in [6, 6.07) is 5.32. The lowest BCUT2D eigenvalue weighted by molar-refractivity contribution is -0.199. The van der Waals surface area contributed by atoms with Crippen LogP contribution in [-0.4, -0.2) is 67.9 Å². The van der Waals surface area contributed by atoms with Crippen molar-refractivity contribution < 1.29 is 33.1 Å². The number of para-hydroxylation sites is 1. The lowest BCUT2D eigenvalue weighted by Crippen LogP contribution is -2.65. The molecule has 4 aliphatic rings. The molecular weight excluding hydrogens is 549 g/mol. The molecule has 3 saturated carbocycles. The molecule has 1 aromatic carbocycles. The van der Waals surface area contributed by atoms with Crippen LogP contribution >= 0.6 is 0 Å². The van der Waals surface area contributed by atoms with Crippen LogP contribution in [0.5, 0.6) is 5.75 Å². The van der Waals surface area contributed by atoms with E-state index in [0.717, 1.165) is 6.42 Å². The predicted octanol–water partition coefficient (Wildman–Crippen LogP) is 6.90. The second-order valence-corrected chi connectivity index (χ2v) is 21.3. The van der Waals surface area contributed by atoms with Crippen LogP contribution in [-0.2, 0) is 25.2 Å². The van der Waals surface area contributed by atoms with Gasteiger partial charge >= 0.3 is 19.2 Å². The van der Waals surface area contributed by atoms with Crippen molar-refractivity contribution in [2.24, 2.45) is 17.3 Å². The molecule has 1 saturated heterocycles. The van der Waals surface area contributed by atoms with Gasteiger partial charge in [0.1, 0.15) is 25.0 Å². The number of esters is 1. The Morgan fingerprint density at radius 3 is 2.21 bits per heavy atom. The smallest absolute Gasteiger partial charge is 0.456 e. The predicted molar refractivity (Wildman–Crippen MR) is 167 cm³/mol. The monoisotopic (exact) mass is 601 g/mol. The highest BCUT2D eigenvalue weighted by Crippen LogP contribution is 2.65. The summed E-state index contributed by atoms with van der Waals surface area (Å²) in [5.41, 5.74) is -0.724. The van der Waals surface area contributed by atoms with Crippen LogP contribution < -0.4 is 4.74 Å². The van der Waals surface area contributed by atoms with E-state index in [1.807, 2.05) is 26.8 Å². The summed E-state index contributed by atoms with van der Waals surface area (Å²) >= 11 is 0. The van der Waals surface area contributed by atoms with Crippen LogP contribution in [0.2, 0.25) is 19.6 Å². The van der Waals surface area contributed by atoms with Crippen molar-refractivity contribution >= 4 is 27.5 Å². The third kappa shape index (κ3) is 6.61. The lowest BCUT2D eigenvalue weighted by atomic mass is 9.43. The van der Waals surface area contributed by atoms with Crippen LogP contribution in [0.4, 0.5) is 4.79 Å². The Bertz CT molecular complexity index is 1200. The Morgan fingerprint density at radius 1 is 1.05 bits per heavy atom. The minimum absolute atomic E-state index is 0.0439. The highest BCUT2D eigenvalue weighted by atomic mass is 28.3. The molecule has 1 aromatic rings. The maximum atomic E-state index is 13.3. The van der Waals surface area contributed by atoms with E-state index in [1.54, 1.807) is 32.9 Å². The summed E-state index contributed by atoms with van der Waals surface area (Å²) in [6.45, 7) is 24.6. The van der Waals surface area contributed by atoms with Gasteiger partial charge in [-0.05, 0) is 104 Å². The van der Waals surface area contributed by atoms with Gasteiger partial charge in [0.05, 0.1) is 11.7 Å². The van der Waals surface area contributed by atoms with Gasteiger partial charge in [0, 0.05) is 5.94 Å². The molecular formula is C32H52BNO7Si. The fraction of sp³-hybridized carbons (Fsp3) is 0.750. The summed E-state index contributed by atoms with van der Waals surface area (Å²) in [5, 5.41) is 0. The van der Waals surface area contributed by atoms with Gasteiger partial charge < -0.3 is 28.1 Å². The van der Waals surface area contributed by atoms with E-state index in [0.29, 0.717) is 23.8 Å². The van der Waals surface area contributed by atoms with Gasteiger partial charge in [-0.15, -0.1) is 0 Å². The zero-order valence-corrected chi connectivity index (χ0v) is 29.0. The first-order chi connectivity index (χ1) is 19.0. The summed E-state index contributed by atoms with van der Waals surface area (Å²) in [5.74, 6) is 0.509. The summed E-state index contributed by atoms with van der Waals surface area (Å²) in [4.78, 5) is 26.3. The summed E-state index contributed by atoms with van der Waals surface area (Å²) in [6.07, 6.45) is 1.80. The fourth-order valence-electron chi connectivity index (χ4n) is 6.92. The van der Waals surface area contributed by atoms with Crippen molar-refractivity contribution in [2.45, 2.75) is 130 Å². The number of ether oxygens (including phenoxy) is 3. The van der Waals surface area contributed by atoms with Gasteiger partial charge in [0.25, 0.3) is 0 Å². The lowest BCUT2D eigenvalue weighted by Gasteiger charge is -2.64. The number of likely N-dealkylation sites (N-methyl/N-ethyl adjacent to an activating group) is 1. The van der Waals surface area contributed by atoms with Crippen LogP contribution in [0.15, 0.2) is 18.2 Å². The average molecular weight is 602 g/mol. The highest BCUT2D eigenvalue weighted by molar-refractivity contribution is 6.74. The molecule has 10 heteroatoms. The Balaban J connectivity index is 1.72. The van der Waals surface area contributed by atoms with E-state index < -0.39 is 38.7 Å². The third-order valence-electron chi connectivity index (χ3n) is 9.56. The molecule has 1 aliphatic heterocycles. The molecule has 3 aliphatic carbocycles. The van der Waals surface area contributed by atoms with Crippen molar-refractivity contribution in [3.63, 3.8) is 0 Å². The molecule has 1 unspecified atom stereocenters. The number of nitrogens with zero attached hydrogens (tertiary/aromatic N) is 1. The number of hydrogen-bond donors (Lipinski definition) is 0. The van der Waals surface area contributed by atoms with Gasteiger partial charge in [0.15, 0.2) is 5.75 Å². The first-order valence-corrected chi connectivity index (χ1v) is 18.8. The number of carbonyl (C=O) groups excluding carboxylic acids is 2. The topological polar surface area (TPSA) is 83.5 Å². The molecule has 0 spiro atoms. The second-order valence-electron chi connectivity index (χ2n) is 16.3. The molecule has 1 heterocycles. The maximum Gasteiger partial charge on any atom is 0.514 e. The molecule has 2 bridgehead atoms. The van der Waals surface area contributed by atoms with Crippen molar-refractivity contribution in [1.29, 1.82) is 0 Å². The molecule has 0 radical (unpaired) electrons. The standard InChI is InChI=1S/C32H52BNO7Si/c1-29(2,3)38-27(35)22-16-14-15-20(26(22)37-28(36)39-30(4,5)6)17-25(34(10)42(11,12)13)33-40-24-19-21-18-23(31(21,7)8)32(24,9)41-33/h14-16,21,23-25H,17-19H2,1-13H3/t21-,23-,24?,25-,32-/m0/s1. The largest absolute Gasteiger partial charge is 0.514 e. The second kappa shape index (κ2) is 10.9. The zero-order chi connectivity index (χ0) is 31.6. The van der Waals surface area contributed by atoms with Gasteiger partial charge in [0.2, 0.25) is 0 Å². The van der Waals surface area contributed by atoms with Gasteiger partial charge in [-0.2, -0.15) is 0 Å². The molecule has 8 nitrogen and oxygen atoms in total. The van der Waals surface area contributed by atoms with Gasteiger partial charge in [-0.25, -0.2) is 9.59 Å². The first-order valence-electron chi connectivity index (χ1n) is 15.4. The normalized spacial score (nSPS) is 27.7. The Labute approximate surface area is 254 Å². The minimum atomic E-state index is -1.85. The highest BCUT2D eigenvalue weighted by Gasteiger charge is 2.68. The fourth-order valence-corrected chi connectivity index (χ4v) is 8.12. The molecule has 4 fully saturated rings. The maximum absolute atomic E-state index is 13.3. The molecule has 0 aromatic heterocycles. The van der Waals surface area contributed by atoms with Crippen LogP contribution in [0, 0.1) is 17.3 Å². The summed E-state index contributed by atoms with van der Waals surface area (Å²) < 4.78 is 33.1. The molecule has 5 atom stereocenters. The first kappa shape index (κ1) is 33.0. The van der Waals surface area contributed by atoms with E-state index in [9.17, 15) is 9.59 Å². The molecule has 5 rings (SSSR count). The number of hydrogen-bond acceptors (Lipinski definition) is 8. The SMILES string of the molecule is CN([C@@H](Cc1cccc(C(=O)OC(C)(C)C)c1OC(=O)OC(C)(C)C)B1OC2C[C@@H]3C[C@@H](C3(C)C)[C@]2(C)O1)[Si](C)(C)C. The van der Waals surface area contributed by atoms with Crippen molar-refractivity contribution in [3.05, 3.63) is 29.3 Å². The number of carbonyl (C=O) groups is 2. The Hall–Kier alpha value is -1.88. The van der Waals surface area contributed by atoms with Crippen LogP contribution in [0.3, 0.4) is 0 Å². The Morgan fingerprint density at radius 2 is 1.67 bits per heavy atom. The van der Waals surface area contributed by atoms with Crippen LogP contribution in [0.1, 0.15) is 91.1 Å². The van der Waals surface area contributed by atoms with Crippen molar-refractivity contribution in [2.75, 3.05) is 7.05 Å². The van der Waals surface area contributed by atoms with Gasteiger partial charge in [-0.3, -0.25) is 0 Å². The quantitative estimate of drug-likeness (QED) is 0.190. The van der Waals surface area contributed by atoms with E-state index in [1.165, 1.54) is 6.42 Å². The minimum Gasteiger partial charge on any atom is -0.456 e. The average Bonchev–Trinajstić information content (AvgIpc) is 3.16. The van der Waals surface area contributed by atoms with E-state index in [4.69, 9.17) is 23.5 Å². The zero-order valence-electron chi connectivity index (χ0n) is 28.0. The van der Waals surface area contributed by atoms with E-state index in [2.05, 4.69) is 52.0 Å². The van der Waals surface area contributed by atoms with Crippen molar-refractivity contribution in [3.8, 4) is 5.75 Å². The Kier molecular flexibility index (Phi) is 8.59. The van der Waals surface area contributed by atoms with Crippen molar-refractivity contribution in [1.82, 2.24) is 4.57 Å². The number of benzene rings is 1. The van der Waals surface area contributed by atoms with Gasteiger partial charge in [-0.1, -0.05) is 45.6 Å². The molecule has 234 valence electrons.